The second-order valence-corrected chi connectivity index (χ2v) is 6.37. The molecule has 3 amide bonds. The molecule has 27 heavy (non-hydrogen) atoms. The van der Waals surface area contributed by atoms with Crippen LogP contribution in [0.15, 0.2) is 36.9 Å². The molecule has 1 aromatic carbocycles. The summed E-state index contributed by atoms with van der Waals surface area (Å²) in [4.78, 5) is 36.5. The van der Waals surface area contributed by atoms with E-state index in [9.17, 15) is 27.6 Å². The number of benzene rings is 1. The van der Waals surface area contributed by atoms with E-state index in [2.05, 4.69) is 11.9 Å². The first-order valence-electron chi connectivity index (χ1n) is 8.32. The quantitative estimate of drug-likeness (QED) is 0.784. The van der Waals surface area contributed by atoms with Crippen molar-refractivity contribution in [2.45, 2.75) is 25.6 Å². The van der Waals surface area contributed by atoms with Crippen molar-refractivity contribution in [3.05, 3.63) is 42.5 Å². The number of hydrogen-bond donors (Lipinski definition) is 2. The molecule has 0 spiro atoms. The third-order valence-electron chi connectivity index (χ3n) is 4.35. The van der Waals surface area contributed by atoms with E-state index in [0.717, 1.165) is 6.08 Å². The van der Waals surface area contributed by atoms with Crippen LogP contribution in [-0.4, -0.2) is 47.9 Å². The lowest BCUT2D eigenvalue weighted by molar-refractivity contribution is -0.175. The van der Waals surface area contributed by atoms with Gasteiger partial charge in [-0.15, -0.1) is 0 Å². The first-order chi connectivity index (χ1) is 12.6. The molecular formula is C18H20F3N3O3. The Morgan fingerprint density at radius 2 is 1.85 bits per heavy atom. The number of piperidine rings is 1. The van der Waals surface area contributed by atoms with Gasteiger partial charge in [-0.1, -0.05) is 13.5 Å². The molecule has 2 N–H and O–H groups in total. The summed E-state index contributed by atoms with van der Waals surface area (Å²) in [5, 5.41) is 4.56. The number of nitrogens with one attached hydrogen (secondary N) is 2. The number of likely N-dealkylation sites (tertiary alicyclic amines) is 1. The number of amides is 3. The molecule has 2 atom stereocenters. The minimum Gasteiger partial charge on any atom is -0.345 e. The standard InChI is InChI=1S/C18H20F3N3O3/c1-3-15(25)22-13-6-4-12(5-7-13)16(26)24-9-8-14(11(2)10-24)23-17(27)18(19,20)21/h3-7,11,14H,1,8-10H2,2H3,(H,22,25)(H,23,27). The summed E-state index contributed by atoms with van der Waals surface area (Å²) in [5.41, 5.74) is 0.912. The smallest absolute Gasteiger partial charge is 0.345 e. The van der Waals surface area contributed by atoms with Crippen LogP contribution < -0.4 is 10.6 Å². The van der Waals surface area contributed by atoms with Gasteiger partial charge in [0, 0.05) is 30.4 Å². The van der Waals surface area contributed by atoms with Crippen molar-refractivity contribution in [3.8, 4) is 0 Å². The van der Waals surface area contributed by atoms with Gasteiger partial charge in [0.25, 0.3) is 5.91 Å². The molecule has 0 aromatic heterocycles. The highest BCUT2D eigenvalue weighted by molar-refractivity contribution is 5.99. The number of alkyl halides is 3. The van der Waals surface area contributed by atoms with E-state index in [1.54, 1.807) is 31.2 Å². The van der Waals surface area contributed by atoms with Crippen molar-refractivity contribution >= 4 is 23.4 Å². The number of anilines is 1. The Hall–Kier alpha value is -2.84. The highest BCUT2D eigenvalue weighted by Crippen LogP contribution is 2.22. The van der Waals surface area contributed by atoms with Crippen LogP contribution in [0.4, 0.5) is 18.9 Å². The van der Waals surface area contributed by atoms with Gasteiger partial charge in [-0.2, -0.15) is 13.2 Å². The first-order valence-corrected chi connectivity index (χ1v) is 8.32. The molecule has 0 radical (unpaired) electrons. The third kappa shape index (κ3) is 5.32. The molecule has 146 valence electrons. The van der Waals surface area contributed by atoms with Gasteiger partial charge in [0.15, 0.2) is 0 Å². The maximum atomic E-state index is 12.6. The predicted octanol–water partition coefficient (Wildman–Crippen LogP) is 2.34. The van der Waals surface area contributed by atoms with Crippen molar-refractivity contribution < 1.29 is 27.6 Å². The number of carbonyl (C=O) groups excluding carboxylic acids is 3. The van der Waals surface area contributed by atoms with Crippen LogP contribution in [0.3, 0.4) is 0 Å². The first kappa shape index (κ1) is 20.5. The molecule has 0 bridgehead atoms. The van der Waals surface area contributed by atoms with Crippen LogP contribution in [0.25, 0.3) is 0 Å². The topological polar surface area (TPSA) is 78.5 Å². The Balaban J connectivity index is 1.96. The number of halogens is 3. The Labute approximate surface area is 154 Å². The van der Waals surface area contributed by atoms with E-state index < -0.39 is 18.1 Å². The van der Waals surface area contributed by atoms with Crippen LogP contribution >= 0.6 is 0 Å². The monoisotopic (exact) mass is 383 g/mol. The number of rotatable bonds is 4. The normalized spacial score (nSPS) is 19.9. The van der Waals surface area contributed by atoms with Crippen molar-refractivity contribution in [2.75, 3.05) is 18.4 Å². The lowest BCUT2D eigenvalue weighted by atomic mass is 9.93. The molecule has 6 nitrogen and oxygen atoms in total. The largest absolute Gasteiger partial charge is 0.471 e. The van der Waals surface area contributed by atoms with E-state index in [4.69, 9.17) is 0 Å². The Bertz CT molecular complexity index is 732. The molecule has 2 unspecified atom stereocenters. The van der Waals surface area contributed by atoms with Gasteiger partial charge in [0.1, 0.15) is 0 Å². The number of nitrogens with zero attached hydrogens (tertiary/aromatic N) is 1. The van der Waals surface area contributed by atoms with E-state index in [1.165, 1.54) is 4.90 Å². The predicted molar refractivity (Wildman–Crippen MR) is 92.9 cm³/mol. The van der Waals surface area contributed by atoms with Crippen LogP contribution in [0.2, 0.25) is 0 Å². The third-order valence-corrected chi connectivity index (χ3v) is 4.35. The van der Waals surface area contributed by atoms with Gasteiger partial charge in [-0.25, -0.2) is 0 Å². The molecule has 1 aliphatic heterocycles. The van der Waals surface area contributed by atoms with E-state index >= 15 is 0 Å². The number of hydrogen-bond acceptors (Lipinski definition) is 3. The van der Waals surface area contributed by atoms with Crippen molar-refractivity contribution in [2.24, 2.45) is 5.92 Å². The molecule has 2 rings (SSSR count). The molecule has 1 saturated heterocycles. The van der Waals surface area contributed by atoms with Crippen LogP contribution in [-0.2, 0) is 9.59 Å². The summed E-state index contributed by atoms with van der Waals surface area (Å²) < 4.78 is 37.2. The summed E-state index contributed by atoms with van der Waals surface area (Å²) >= 11 is 0. The zero-order chi connectivity index (χ0) is 20.2. The lowest BCUT2D eigenvalue weighted by Gasteiger charge is -2.37. The molecule has 9 heteroatoms. The van der Waals surface area contributed by atoms with Gasteiger partial charge in [0.2, 0.25) is 5.91 Å². The van der Waals surface area contributed by atoms with Gasteiger partial charge in [0.05, 0.1) is 0 Å². The van der Waals surface area contributed by atoms with Crippen molar-refractivity contribution in [1.29, 1.82) is 0 Å². The maximum absolute atomic E-state index is 12.6. The van der Waals surface area contributed by atoms with Gasteiger partial charge in [-0.3, -0.25) is 14.4 Å². The van der Waals surface area contributed by atoms with Gasteiger partial charge in [-0.05, 0) is 42.7 Å². The van der Waals surface area contributed by atoms with Crippen LogP contribution in [0, 0.1) is 5.92 Å². The summed E-state index contributed by atoms with van der Waals surface area (Å²) in [6.45, 7) is 5.51. The average molecular weight is 383 g/mol. The molecule has 1 aromatic rings. The van der Waals surface area contributed by atoms with Crippen LogP contribution in [0.1, 0.15) is 23.7 Å². The summed E-state index contributed by atoms with van der Waals surface area (Å²) in [7, 11) is 0. The van der Waals surface area contributed by atoms with Gasteiger partial charge < -0.3 is 15.5 Å². The Kier molecular flexibility index (Phi) is 6.24. The van der Waals surface area contributed by atoms with E-state index in [1.807, 2.05) is 5.32 Å². The fraction of sp³-hybridized carbons (Fsp3) is 0.389. The van der Waals surface area contributed by atoms with Crippen molar-refractivity contribution in [3.63, 3.8) is 0 Å². The highest BCUT2D eigenvalue weighted by Gasteiger charge is 2.41. The highest BCUT2D eigenvalue weighted by atomic mass is 19.4. The minimum absolute atomic E-state index is 0.233. The summed E-state index contributed by atoms with van der Waals surface area (Å²) in [6.07, 6.45) is -3.56. The van der Waals surface area contributed by atoms with Gasteiger partial charge >= 0.3 is 12.1 Å². The Morgan fingerprint density at radius 3 is 2.37 bits per heavy atom. The van der Waals surface area contributed by atoms with E-state index in [0.29, 0.717) is 11.3 Å². The molecule has 0 saturated carbocycles. The number of carbonyl (C=O) groups is 3. The molecular weight excluding hydrogens is 363 g/mol. The maximum Gasteiger partial charge on any atom is 0.471 e. The second-order valence-electron chi connectivity index (χ2n) is 6.37. The average Bonchev–Trinajstić information content (AvgIpc) is 2.62. The summed E-state index contributed by atoms with van der Waals surface area (Å²) in [5.74, 6) is -2.91. The van der Waals surface area contributed by atoms with Crippen molar-refractivity contribution in [1.82, 2.24) is 10.2 Å². The Morgan fingerprint density at radius 1 is 1.22 bits per heavy atom. The molecule has 1 fully saturated rings. The van der Waals surface area contributed by atoms with Crippen LogP contribution in [0.5, 0.6) is 0 Å². The fourth-order valence-electron chi connectivity index (χ4n) is 2.87. The summed E-state index contributed by atoms with van der Waals surface area (Å²) in [6, 6.07) is 5.63. The minimum atomic E-state index is -4.92. The zero-order valence-electron chi connectivity index (χ0n) is 14.7. The van der Waals surface area contributed by atoms with E-state index in [-0.39, 0.29) is 37.2 Å². The molecule has 1 aliphatic rings. The lowest BCUT2D eigenvalue weighted by Crippen LogP contribution is -2.53. The molecule has 0 aliphatic carbocycles. The fourth-order valence-corrected chi connectivity index (χ4v) is 2.87. The second kappa shape index (κ2) is 8.24. The SMILES string of the molecule is C=CC(=O)Nc1ccc(C(=O)N2CCC(NC(=O)C(F)(F)F)C(C)C2)cc1. The molecule has 1 heterocycles. The zero-order valence-corrected chi connectivity index (χ0v) is 14.7.